The minimum Gasteiger partial charge on any atom is -0.480 e. The summed E-state index contributed by atoms with van der Waals surface area (Å²) in [5.74, 6) is 0.440. The molecule has 0 saturated carbocycles. The maximum Gasteiger partial charge on any atom is 0.320 e. The highest BCUT2D eigenvalue weighted by atomic mass is 16.5. The Kier molecular flexibility index (Phi) is 3.80. The van der Waals surface area contributed by atoms with E-state index in [4.69, 9.17) is 15.6 Å². The smallest absolute Gasteiger partial charge is 0.320 e. The van der Waals surface area contributed by atoms with E-state index >= 15 is 0 Å². The lowest BCUT2D eigenvalue weighted by Crippen LogP contribution is -2.32. The summed E-state index contributed by atoms with van der Waals surface area (Å²) in [4.78, 5) is 14.0. The predicted octanol–water partition coefficient (Wildman–Crippen LogP) is 2.91. The first kappa shape index (κ1) is 14.2. The van der Waals surface area contributed by atoms with Crippen LogP contribution in [-0.4, -0.2) is 22.1 Å². The van der Waals surface area contributed by atoms with E-state index in [1.807, 2.05) is 48.5 Å². The molecule has 0 amide bonds. The quantitative estimate of drug-likeness (QED) is 0.675. The normalized spacial score (nSPS) is 12.2. The topological polar surface area (TPSA) is 88.3 Å². The van der Waals surface area contributed by atoms with Gasteiger partial charge in [0, 0.05) is 23.5 Å². The number of hydrogen-bond donors (Lipinski definition) is 3. The summed E-state index contributed by atoms with van der Waals surface area (Å²) in [5, 5.41) is 9.86. The Morgan fingerprint density at radius 2 is 1.95 bits per heavy atom. The third kappa shape index (κ3) is 2.94. The summed E-state index contributed by atoms with van der Waals surface area (Å²) < 4.78 is 5.80. The van der Waals surface area contributed by atoms with Gasteiger partial charge in [0.05, 0.1) is 0 Å². The van der Waals surface area contributed by atoms with Gasteiger partial charge in [0.1, 0.15) is 17.5 Å². The zero-order valence-corrected chi connectivity index (χ0v) is 11.8. The first-order valence-electron chi connectivity index (χ1n) is 6.95. The van der Waals surface area contributed by atoms with Crippen LogP contribution in [-0.2, 0) is 11.2 Å². The highest BCUT2D eigenvalue weighted by molar-refractivity contribution is 5.85. The van der Waals surface area contributed by atoms with Crippen molar-refractivity contribution in [1.82, 2.24) is 4.98 Å². The lowest BCUT2D eigenvalue weighted by atomic mass is 10.1. The van der Waals surface area contributed by atoms with Crippen LogP contribution in [0.25, 0.3) is 10.9 Å². The van der Waals surface area contributed by atoms with Gasteiger partial charge in [-0.25, -0.2) is 0 Å². The summed E-state index contributed by atoms with van der Waals surface area (Å²) in [6.07, 6.45) is 2.06. The van der Waals surface area contributed by atoms with Gasteiger partial charge in [-0.05, 0) is 35.9 Å². The number of aromatic nitrogens is 1. The van der Waals surface area contributed by atoms with Crippen LogP contribution in [0.2, 0.25) is 0 Å². The van der Waals surface area contributed by atoms with Crippen molar-refractivity contribution in [2.45, 2.75) is 12.5 Å². The SMILES string of the molecule is NC(Cc1c[nH]c2ccc(Oc3ccccc3)cc12)C(=O)O. The second-order valence-electron chi connectivity index (χ2n) is 5.09. The number of aromatic amines is 1. The number of carboxylic acid groups (broad SMARTS) is 1. The van der Waals surface area contributed by atoms with Crippen molar-refractivity contribution >= 4 is 16.9 Å². The number of para-hydroxylation sites is 1. The maximum atomic E-state index is 10.9. The standard InChI is InChI=1S/C17H16N2O3/c18-15(17(20)21)8-11-10-19-16-7-6-13(9-14(11)16)22-12-4-2-1-3-5-12/h1-7,9-10,15,19H,8,18H2,(H,20,21). The maximum absolute atomic E-state index is 10.9. The van der Waals surface area contributed by atoms with E-state index in [1.54, 1.807) is 6.20 Å². The van der Waals surface area contributed by atoms with Crippen LogP contribution in [0.4, 0.5) is 0 Å². The molecule has 1 aromatic heterocycles. The van der Waals surface area contributed by atoms with E-state index < -0.39 is 12.0 Å². The summed E-state index contributed by atoms with van der Waals surface area (Å²) in [5.41, 5.74) is 7.40. The Morgan fingerprint density at radius 1 is 1.18 bits per heavy atom. The lowest BCUT2D eigenvalue weighted by molar-refractivity contribution is -0.138. The minimum absolute atomic E-state index is 0.268. The highest BCUT2D eigenvalue weighted by Crippen LogP contribution is 2.27. The Bertz CT molecular complexity index is 796. The molecule has 1 heterocycles. The van der Waals surface area contributed by atoms with Crippen LogP contribution in [0.5, 0.6) is 11.5 Å². The number of ether oxygens (including phenoxy) is 1. The Labute approximate surface area is 127 Å². The van der Waals surface area contributed by atoms with Gasteiger partial charge in [-0.15, -0.1) is 0 Å². The monoisotopic (exact) mass is 296 g/mol. The van der Waals surface area contributed by atoms with Gasteiger partial charge in [-0.1, -0.05) is 18.2 Å². The molecule has 0 spiro atoms. The number of aliphatic carboxylic acids is 1. The zero-order chi connectivity index (χ0) is 15.5. The number of rotatable bonds is 5. The van der Waals surface area contributed by atoms with E-state index in [0.717, 1.165) is 22.2 Å². The average Bonchev–Trinajstić information content (AvgIpc) is 2.91. The second-order valence-corrected chi connectivity index (χ2v) is 5.09. The van der Waals surface area contributed by atoms with Crippen LogP contribution in [0.1, 0.15) is 5.56 Å². The first-order valence-corrected chi connectivity index (χ1v) is 6.95. The molecular weight excluding hydrogens is 280 g/mol. The Morgan fingerprint density at radius 3 is 2.68 bits per heavy atom. The van der Waals surface area contributed by atoms with Gasteiger partial charge >= 0.3 is 5.97 Å². The molecule has 0 bridgehead atoms. The number of hydrogen-bond acceptors (Lipinski definition) is 3. The fourth-order valence-corrected chi connectivity index (χ4v) is 2.34. The van der Waals surface area contributed by atoms with Crippen LogP contribution in [0, 0.1) is 0 Å². The molecule has 1 atom stereocenters. The molecule has 3 aromatic rings. The first-order chi connectivity index (χ1) is 10.6. The molecule has 1 unspecified atom stereocenters. The van der Waals surface area contributed by atoms with Gasteiger partial charge < -0.3 is 20.6 Å². The van der Waals surface area contributed by atoms with Crippen LogP contribution in [0.15, 0.2) is 54.7 Å². The molecule has 4 N–H and O–H groups in total. The Balaban J connectivity index is 1.89. The molecule has 0 fully saturated rings. The third-order valence-electron chi connectivity index (χ3n) is 3.47. The van der Waals surface area contributed by atoms with Crippen molar-refractivity contribution in [1.29, 1.82) is 0 Å². The van der Waals surface area contributed by atoms with E-state index in [1.165, 1.54) is 0 Å². The van der Waals surface area contributed by atoms with Crippen LogP contribution in [0.3, 0.4) is 0 Å². The van der Waals surface area contributed by atoms with E-state index in [-0.39, 0.29) is 6.42 Å². The van der Waals surface area contributed by atoms with E-state index in [2.05, 4.69) is 4.98 Å². The van der Waals surface area contributed by atoms with Gasteiger partial charge in [0.2, 0.25) is 0 Å². The molecule has 5 heteroatoms. The molecule has 0 saturated heterocycles. The summed E-state index contributed by atoms with van der Waals surface area (Å²) >= 11 is 0. The number of carboxylic acids is 1. The Hall–Kier alpha value is -2.79. The zero-order valence-electron chi connectivity index (χ0n) is 11.8. The van der Waals surface area contributed by atoms with Gasteiger partial charge in [0.25, 0.3) is 0 Å². The van der Waals surface area contributed by atoms with Crippen molar-refractivity contribution < 1.29 is 14.6 Å². The van der Waals surface area contributed by atoms with Gasteiger partial charge in [-0.3, -0.25) is 4.79 Å². The lowest BCUT2D eigenvalue weighted by Gasteiger charge is -2.07. The van der Waals surface area contributed by atoms with Crippen molar-refractivity contribution in [3.63, 3.8) is 0 Å². The number of carbonyl (C=O) groups is 1. The van der Waals surface area contributed by atoms with Gasteiger partial charge in [-0.2, -0.15) is 0 Å². The summed E-state index contributed by atoms with van der Waals surface area (Å²) in [6.45, 7) is 0. The van der Waals surface area contributed by atoms with Gasteiger partial charge in [0.15, 0.2) is 0 Å². The number of benzene rings is 2. The fourth-order valence-electron chi connectivity index (χ4n) is 2.34. The molecule has 0 aliphatic heterocycles. The number of fused-ring (bicyclic) bond motifs is 1. The van der Waals surface area contributed by atoms with Crippen LogP contribution >= 0.6 is 0 Å². The van der Waals surface area contributed by atoms with Crippen molar-refractivity contribution in [2.75, 3.05) is 0 Å². The average molecular weight is 296 g/mol. The highest BCUT2D eigenvalue weighted by Gasteiger charge is 2.15. The molecule has 112 valence electrons. The fraction of sp³-hybridized carbons (Fsp3) is 0.118. The number of nitrogens with two attached hydrogens (primary N) is 1. The van der Waals surface area contributed by atoms with E-state index in [0.29, 0.717) is 5.75 Å². The summed E-state index contributed by atoms with van der Waals surface area (Å²) in [7, 11) is 0. The minimum atomic E-state index is -1.01. The second kappa shape index (κ2) is 5.91. The molecule has 0 radical (unpaired) electrons. The van der Waals surface area contributed by atoms with Crippen LogP contribution < -0.4 is 10.5 Å². The largest absolute Gasteiger partial charge is 0.480 e. The third-order valence-corrected chi connectivity index (χ3v) is 3.47. The molecule has 0 aliphatic rings. The molecular formula is C17H16N2O3. The molecule has 0 aliphatic carbocycles. The van der Waals surface area contributed by atoms with Crippen molar-refractivity contribution in [2.24, 2.45) is 5.73 Å². The van der Waals surface area contributed by atoms with Crippen molar-refractivity contribution in [3.05, 3.63) is 60.3 Å². The molecule has 5 nitrogen and oxygen atoms in total. The summed E-state index contributed by atoms with van der Waals surface area (Å²) in [6, 6.07) is 14.2. The number of nitrogens with one attached hydrogen (secondary N) is 1. The van der Waals surface area contributed by atoms with E-state index in [9.17, 15) is 4.79 Å². The predicted molar refractivity (Wildman–Crippen MR) is 84.1 cm³/mol. The van der Waals surface area contributed by atoms with Crippen molar-refractivity contribution in [3.8, 4) is 11.5 Å². The molecule has 3 rings (SSSR count). The molecule has 2 aromatic carbocycles. The number of H-pyrrole nitrogens is 1. The molecule has 22 heavy (non-hydrogen) atoms.